The molecule has 3 aliphatic rings. The number of anilines is 1. The molecule has 2 amide bonds. The zero-order valence-electron chi connectivity index (χ0n) is 32.4. The Morgan fingerprint density at radius 3 is 2.45 bits per heavy atom. The maximum atomic E-state index is 14.6. The molecule has 6 rings (SSSR count). The number of carboxylic acid groups (broad SMARTS) is 1. The number of esters is 1. The summed E-state index contributed by atoms with van der Waals surface area (Å²) in [4.78, 5) is 47.2. The molecule has 11 nitrogen and oxygen atoms in total. The Balaban J connectivity index is 1.16. The third kappa shape index (κ3) is 10.3. The van der Waals surface area contributed by atoms with E-state index in [0.717, 1.165) is 47.3 Å². The fraction of sp³-hybridized carbons (Fsp3) is 0.512. The number of carbonyl (C=O) groups excluding carboxylic acids is 2. The molecule has 3 aromatic rings. The number of ether oxygens (including phenoxy) is 2. The lowest BCUT2D eigenvalue weighted by Gasteiger charge is -2.47. The highest BCUT2D eigenvalue weighted by molar-refractivity contribution is 5.97. The van der Waals surface area contributed by atoms with Crippen LogP contribution >= 0.6 is 0 Å². The van der Waals surface area contributed by atoms with Crippen LogP contribution in [0.25, 0.3) is 0 Å². The van der Waals surface area contributed by atoms with E-state index in [9.17, 15) is 23.9 Å². The number of nitrogens with two attached hydrogens (primary N) is 1. The van der Waals surface area contributed by atoms with Gasteiger partial charge < -0.3 is 30.1 Å². The molecule has 5 atom stereocenters. The van der Waals surface area contributed by atoms with Crippen LogP contribution in [-0.4, -0.2) is 114 Å². The summed E-state index contributed by atoms with van der Waals surface area (Å²) in [6.45, 7) is 10.5. The summed E-state index contributed by atoms with van der Waals surface area (Å²) < 4.78 is 24.8. The number of hydrogen-bond acceptors (Lipinski definition) is 8. The Morgan fingerprint density at radius 1 is 0.982 bits per heavy atom. The second-order valence-corrected chi connectivity index (χ2v) is 16.0. The number of hydrogen-bond donors (Lipinski definition) is 2. The van der Waals surface area contributed by atoms with Crippen molar-refractivity contribution < 1.29 is 33.4 Å². The molecule has 3 aromatic carbocycles. The predicted octanol–water partition coefficient (Wildman–Crippen LogP) is 5.43. The highest BCUT2D eigenvalue weighted by Gasteiger charge is 2.43. The number of halogens is 1. The Bertz CT molecular complexity index is 1780. The molecule has 2 saturated heterocycles. The van der Waals surface area contributed by atoms with Crippen molar-refractivity contribution >= 4 is 23.7 Å². The number of rotatable bonds is 14. The van der Waals surface area contributed by atoms with Gasteiger partial charge in [0.25, 0.3) is 0 Å². The minimum Gasteiger partial charge on any atom is -0.465 e. The number of morpholine rings is 1. The zero-order valence-corrected chi connectivity index (χ0v) is 32.4. The molecule has 4 unspecified atom stereocenters. The van der Waals surface area contributed by atoms with Gasteiger partial charge in [0.15, 0.2) is 0 Å². The van der Waals surface area contributed by atoms with Crippen LogP contribution in [0.4, 0.5) is 14.9 Å². The van der Waals surface area contributed by atoms with E-state index in [1.807, 2.05) is 42.2 Å². The maximum Gasteiger partial charge on any atom is 0.407 e. The van der Waals surface area contributed by atoms with Gasteiger partial charge in [-0.05, 0) is 73.6 Å². The summed E-state index contributed by atoms with van der Waals surface area (Å²) in [7, 11) is 0. The molecule has 2 fully saturated rings. The van der Waals surface area contributed by atoms with Crippen LogP contribution in [0, 0.1) is 5.82 Å². The molecule has 0 bridgehead atoms. The van der Waals surface area contributed by atoms with Crippen LogP contribution in [0.15, 0.2) is 72.8 Å². The standard InChI is InChI=1S/C43H56FN5O6/c1-30-23-47(37(25-48(30)42(52)53)24-46-18-19-54-27-31(46)2)26-40(50)49-29-43(3,17-7-10-36(45)22-41(51)55-28-33-8-5-4-6-9-33)38-16-13-34(21-39(38)49)20-32-11-14-35(44)15-12-32/h4-6,8-9,11-16,21,30-31,36-37H,7,10,17-20,22-29,45H2,1-3H3,(H,52,53)/t30?,31-,36?,37?,43?/m1/s1. The summed E-state index contributed by atoms with van der Waals surface area (Å²) in [6.07, 6.45) is 1.94. The van der Waals surface area contributed by atoms with Crippen molar-refractivity contribution in [2.45, 2.75) is 89.1 Å². The first kappa shape index (κ1) is 40.3. The highest BCUT2D eigenvalue weighted by atomic mass is 19.1. The maximum absolute atomic E-state index is 14.6. The Labute approximate surface area is 324 Å². The van der Waals surface area contributed by atoms with Gasteiger partial charge in [0.2, 0.25) is 5.91 Å². The summed E-state index contributed by atoms with van der Waals surface area (Å²) >= 11 is 0. The van der Waals surface area contributed by atoms with Crippen LogP contribution in [0.3, 0.4) is 0 Å². The van der Waals surface area contributed by atoms with Crippen LogP contribution in [0.1, 0.15) is 68.7 Å². The molecule has 3 N–H and O–H groups in total. The topological polar surface area (TPSA) is 129 Å². The Morgan fingerprint density at radius 2 is 1.73 bits per heavy atom. The van der Waals surface area contributed by atoms with Gasteiger partial charge in [-0.1, -0.05) is 67.9 Å². The van der Waals surface area contributed by atoms with Gasteiger partial charge in [-0.25, -0.2) is 9.18 Å². The van der Waals surface area contributed by atoms with Crippen molar-refractivity contribution in [3.05, 3.63) is 101 Å². The largest absolute Gasteiger partial charge is 0.465 e. The molecule has 3 aliphatic heterocycles. The normalized spacial score (nSPS) is 23.7. The SMILES string of the molecule is CC1CN(CC(=O)N2CC(C)(CCCC(N)CC(=O)OCc3ccccc3)c3ccc(Cc4ccc(F)cc4)cc32)C(CN2CCOC[C@H]2C)CN1C(=O)O. The fourth-order valence-corrected chi connectivity index (χ4v) is 8.39. The quantitative estimate of drug-likeness (QED) is 0.207. The third-order valence-corrected chi connectivity index (χ3v) is 11.6. The highest BCUT2D eigenvalue weighted by Crippen LogP contribution is 2.45. The summed E-state index contributed by atoms with van der Waals surface area (Å²) in [5, 5.41) is 10.0. The third-order valence-electron chi connectivity index (χ3n) is 11.6. The van der Waals surface area contributed by atoms with E-state index < -0.39 is 6.09 Å². The summed E-state index contributed by atoms with van der Waals surface area (Å²) in [5.74, 6) is -0.634. The minimum absolute atomic E-state index is 0.0298. The first-order chi connectivity index (χ1) is 26.4. The van der Waals surface area contributed by atoms with Gasteiger partial charge in [-0.15, -0.1) is 0 Å². The Hall–Kier alpha value is -4.36. The van der Waals surface area contributed by atoms with Gasteiger partial charge in [0.1, 0.15) is 12.4 Å². The molecule has 0 spiro atoms. The van der Waals surface area contributed by atoms with Gasteiger partial charge in [0.05, 0.1) is 26.2 Å². The number of nitrogens with zero attached hydrogens (tertiary/aromatic N) is 4. The molecule has 0 aliphatic carbocycles. The van der Waals surface area contributed by atoms with Gasteiger partial charge in [-0.2, -0.15) is 0 Å². The van der Waals surface area contributed by atoms with Crippen LogP contribution < -0.4 is 10.6 Å². The van der Waals surface area contributed by atoms with E-state index in [1.165, 1.54) is 17.0 Å². The van der Waals surface area contributed by atoms with Crippen molar-refractivity contribution in [3.8, 4) is 0 Å². The number of piperazine rings is 1. The monoisotopic (exact) mass is 757 g/mol. The van der Waals surface area contributed by atoms with Gasteiger partial charge in [-0.3, -0.25) is 19.4 Å². The van der Waals surface area contributed by atoms with E-state index in [2.05, 4.69) is 41.8 Å². The number of benzene rings is 3. The van der Waals surface area contributed by atoms with Crippen LogP contribution in [-0.2, 0) is 37.5 Å². The molecule has 55 heavy (non-hydrogen) atoms. The molecule has 0 radical (unpaired) electrons. The van der Waals surface area contributed by atoms with Gasteiger partial charge in [0, 0.05) is 68.0 Å². The number of amides is 2. The van der Waals surface area contributed by atoms with Crippen molar-refractivity contribution in [3.63, 3.8) is 0 Å². The van der Waals surface area contributed by atoms with E-state index >= 15 is 0 Å². The fourth-order valence-electron chi connectivity index (χ4n) is 8.39. The van der Waals surface area contributed by atoms with Crippen LogP contribution in [0.2, 0.25) is 0 Å². The molecule has 3 heterocycles. The lowest BCUT2D eigenvalue weighted by atomic mass is 9.79. The predicted molar refractivity (Wildman–Crippen MR) is 209 cm³/mol. The second-order valence-electron chi connectivity index (χ2n) is 16.0. The van der Waals surface area contributed by atoms with Gasteiger partial charge >= 0.3 is 12.1 Å². The average molecular weight is 758 g/mol. The molecule has 12 heteroatoms. The van der Waals surface area contributed by atoms with Crippen molar-refractivity contribution in [2.24, 2.45) is 5.73 Å². The first-order valence-electron chi connectivity index (χ1n) is 19.6. The van der Waals surface area contributed by atoms with E-state index in [4.69, 9.17) is 15.2 Å². The van der Waals surface area contributed by atoms with Crippen molar-refractivity contribution in [1.29, 1.82) is 0 Å². The number of carbonyl (C=O) groups is 3. The second kappa shape index (κ2) is 18.1. The molecule has 0 aromatic heterocycles. The summed E-state index contributed by atoms with van der Waals surface area (Å²) in [5.41, 5.74) is 11.0. The van der Waals surface area contributed by atoms with E-state index in [-0.39, 0.29) is 66.8 Å². The minimum atomic E-state index is -0.944. The summed E-state index contributed by atoms with van der Waals surface area (Å²) in [6, 6.07) is 21.8. The van der Waals surface area contributed by atoms with Crippen molar-refractivity contribution in [2.75, 3.05) is 57.4 Å². The molecule has 296 valence electrons. The van der Waals surface area contributed by atoms with Crippen LogP contribution in [0.5, 0.6) is 0 Å². The average Bonchev–Trinajstić information content (AvgIpc) is 3.45. The lowest BCUT2D eigenvalue weighted by Crippen LogP contribution is -2.64. The zero-order chi connectivity index (χ0) is 39.1. The van der Waals surface area contributed by atoms with Crippen molar-refractivity contribution in [1.82, 2.24) is 14.7 Å². The van der Waals surface area contributed by atoms with E-state index in [0.29, 0.717) is 52.2 Å². The van der Waals surface area contributed by atoms with E-state index in [1.54, 1.807) is 12.1 Å². The lowest BCUT2D eigenvalue weighted by molar-refractivity contribution is -0.145. The Kier molecular flexibility index (Phi) is 13.2. The smallest absolute Gasteiger partial charge is 0.407 e. The first-order valence-corrected chi connectivity index (χ1v) is 19.6. The molecular formula is C43H56FN5O6. The molecule has 0 saturated carbocycles. The number of fused-ring (bicyclic) bond motifs is 1. The molecular weight excluding hydrogens is 702 g/mol.